The Bertz CT molecular complexity index is 1440. The van der Waals surface area contributed by atoms with Crippen LogP contribution in [0.1, 0.15) is 18.1 Å². The zero-order valence-corrected chi connectivity index (χ0v) is 25.1. The van der Waals surface area contributed by atoms with E-state index in [1.807, 2.05) is 24.3 Å². The quantitative estimate of drug-likeness (QED) is 0.332. The van der Waals surface area contributed by atoms with E-state index in [0.717, 1.165) is 11.1 Å². The van der Waals surface area contributed by atoms with Crippen LogP contribution in [-0.2, 0) is 37.4 Å². The lowest BCUT2D eigenvalue weighted by Gasteiger charge is -2.29. The third kappa shape index (κ3) is 8.22. The van der Waals surface area contributed by atoms with Gasteiger partial charge in [0.25, 0.3) is 5.91 Å². The van der Waals surface area contributed by atoms with Crippen LogP contribution in [0.3, 0.4) is 0 Å². The number of nitrogens with zero attached hydrogens (tertiary/aromatic N) is 2. The molecule has 12 heteroatoms. The number of ether oxygens (including phenoxy) is 3. The number of amides is 2. The number of halogens is 1. The lowest BCUT2D eigenvalue weighted by Crippen LogP contribution is -2.48. The second-order valence-electron chi connectivity index (χ2n) is 9.67. The molecule has 3 aromatic carbocycles. The highest BCUT2D eigenvalue weighted by Gasteiger charge is 2.28. The molecule has 0 saturated carbocycles. The number of sulfonamides is 1. The molecule has 2 amide bonds. The lowest BCUT2D eigenvalue weighted by molar-refractivity contribution is -0.142. The Labute approximate surface area is 251 Å². The summed E-state index contributed by atoms with van der Waals surface area (Å²) in [5, 5.41) is 3.44. The SMILES string of the molecule is COc1ccc(CNC(=O)[C@@H](C)N(Cc2ccc(Cl)cc2)C(=O)COc2ccc(S(=O)(=O)N3CCOCC3)cc2)cc1. The molecule has 1 heterocycles. The smallest absolute Gasteiger partial charge is 0.261 e. The largest absolute Gasteiger partial charge is 0.497 e. The van der Waals surface area contributed by atoms with E-state index in [2.05, 4.69) is 5.32 Å². The molecule has 1 aliphatic rings. The minimum absolute atomic E-state index is 0.134. The maximum absolute atomic E-state index is 13.4. The topological polar surface area (TPSA) is 114 Å². The van der Waals surface area contributed by atoms with Crippen molar-refractivity contribution < 1.29 is 32.2 Å². The number of methoxy groups -OCH3 is 1. The zero-order chi connectivity index (χ0) is 30.1. The summed E-state index contributed by atoms with van der Waals surface area (Å²) in [6.07, 6.45) is 0. The Morgan fingerprint density at radius 2 is 1.55 bits per heavy atom. The minimum Gasteiger partial charge on any atom is -0.497 e. The summed E-state index contributed by atoms with van der Waals surface area (Å²) in [7, 11) is -2.06. The highest BCUT2D eigenvalue weighted by molar-refractivity contribution is 7.89. The van der Waals surface area contributed by atoms with Gasteiger partial charge in [-0.15, -0.1) is 0 Å². The Morgan fingerprint density at radius 3 is 2.17 bits per heavy atom. The van der Waals surface area contributed by atoms with Crippen LogP contribution in [0.4, 0.5) is 0 Å². The number of carbonyl (C=O) groups excluding carboxylic acids is 2. The van der Waals surface area contributed by atoms with E-state index in [0.29, 0.717) is 42.8 Å². The standard InChI is InChI=1S/C30H34ClN3O7S/c1-22(30(36)32-19-23-5-9-26(39-2)10-6-23)34(20-24-3-7-25(31)8-4-24)29(35)21-41-27-11-13-28(14-12-27)42(37,38)33-15-17-40-18-16-33/h3-14,22H,15-21H2,1-2H3,(H,32,36)/t22-/m1/s1. The van der Waals surface area contributed by atoms with Crippen LogP contribution in [0, 0.1) is 0 Å². The fourth-order valence-electron chi connectivity index (χ4n) is 4.32. The molecule has 0 radical (unpaired) electrons. The van der Waals surface area contributed by atoms with Crippen molar-refractivity contribution in [3.8, 4) is 11.5 Å². The molecular weight excluding hydrogens is 582 g/mol. The summed E-state index contributed by atoms with van der Waals surface area (Å²) < 4.78 is 43.3. The van der Waals surface area contributed by atoms with Gasteiger partial charge in [-0.2, -0.15) is 4.31 Å². The van der Waals surface area contributed by atoms with E-state index in [9.17, 15) is 18.0 Å². The van der Waals surface area contributed by atoms with Crippen LogP contribution in [0.2, 0.25) is 5.02 Å². The van der Waals surface area contributed by atoms with Gasteiger partial charge in [-0.25, -0.2) is 8.42 Å². The minimum atomic E-state index is -3.65. The number of rotatable bonds is 12. The third-order valence-corrected chi connectivity index (χ3v) is 9.02. The van der Waals surface area contributed by atoms with E-state index in [4.69, 9.17) is 25.8 Å². The van der Waals surface area contributed by atoms with Gasteiger partial charge in [-0.05, 0) is 66.6 Å². The van der Waals surface area contributed by atoms with Crippen molar-refractivity contribution >= 4 is 33.4 Å². The molecule has 1 aliphatic heterocycles. The maximum atomic E-state index is 13.4. The van der Waals surface area contributed by atoms with E-state index in [1.165, 1.54) is 33.5 Å². The first-order valence-electron chi connectivity index (χ1n) is 13.4. The average Bonchev–Trinajstić information content (AvgIpc) is 3.02. The fourth-order valence-corrected chi connectivity index (χ4v) is 5.86. The number of hydrogen-bond acceptors (Lipinski definition) is 7. The van der Waals surface area contributed by atoms with Crippen LogP contribution in [-0.4, -0.2) is 75.5 Å². The van der Waals surface area contributed by atoms with Crippen molar-refractivity contribution in [2.75, 3.05) is 40.0 Å². The molecule has 0 unspecified atom stereocenters. The van der Waals surface area contributed by atoms with Gasteiger partial charge in [0.2, 0.25) is 15.9 Å². The normalized spacial score (nSPS) is 14.5. The molecular formula is C30H34ClN3O7S. The van der Waals surface area contributed by atoms with Crippen LogP contribution >= 0.6 is 11.6 Å². The number of carbonyl (C=O) groups is 2. The van der Waals surface area contributed by atoms with Gasteiger partial charge in [0.1, 0.15) is 17.5 Å². The summed E-state index contributed by atoms with van der Waals surface area (Å²) >= 11 is 6.02. The fraction of sp³-hybridized carbons (Fsp3) is 0.333. The van der Waals surface area contributed by atoms with Crippen LogP contribution in [0.15, 0.2) is 77.7 Å². The van der Waals surface area contributed by atoms with Crippen molar-refractivity contribution in [2.45, 2.75) is 31.0 Å². The molecule has 0 bridgehead atoms. The van der Waals surface area contributed by atoms with Crippen molar-refractivity contribution in [1.29, 1.82) is 0 Å². The highest BCUT2D eigenvalue weighted by atomic mass is 35.5. The number of benzene rings is 3. The maximum Gasteiger partial charge on any atom is 0.261 e. The lowest BCUT2D eigenvalue weighted by atomic mass is 10.1. The molecule has 4 rings (SSSR count). The molecule has 0 aliphatic carbocycles. The van der Waals surface area contributed by atoms with Crippen LogP contribution < -0.4 is 14.8 Å². The highest BCUT2D eigenvalue weighted by Crippen LogP contribution is 2.21. The molecule has 224 valence electrons. The second-order valence-corrected chi connectivity index (χ2v) is 12.0. The molecule has 1 fully saturated rings. The molecule has 0 aromatic heterocycles. The molecule has 1 saturated heterocycles. The Morgan fingerprint density at radius 1 is 0.952 bits per heavy atom. The summed E-state index contributed by atoms with van der Waals surface area (Å²) in [6.45, 7) is 3.05. The molecule has 1 atom stereocenters. The number of nitrogens with one attached hydrogen (secondary N) is 1. The van der Waals surface area contributed by atoms with Gasteiger partial charge in [0.05, 0.1) is 25.2 Å². The van der Waals surface area contributed by atoms with Crippen LogP contribution in [0.5, 0.6) is 11.5 Å². The average molecular weight is 616 g/mol. The van der Waals surface area contributed by atoms with Crippen molar-refractivity contribution in [2.24, 2.45) is 0 Å². The van der Waals surface area contributed by atoms with Gasteiger partial charge in [0, 0.05) is 31.2 Å². The van der Waals surface area contributed by atoms with Crippen molar-refractivity contribution in [1.82, 2.24) is 14.5 Å². The summed E-state index contributed by atoms with van der Waals surface area (Å²) in [6, 6.07) is 19.5. The van der Waals surface area contributed by atoms with E-state index in [-0.39, 0.29) is 30.5 Å². The van der Waals surface area contributed by atoms with Crippen LogP contribution in [0.25, 0.3) is 0 Å². The Kier molecular flexibility index (Phi) is 10.8. The van der Waals surface area contributed by atoms with E-state index < -0.39 is 22.0 Å². The van der Waals surface area contributed by atoms with E-state index >= 15 is 0 Å². The van der Waals surface area contributed by atoms with E-state index in [1.54, 1.807) is 38.3 Å². The Hall–Kier alpha value is -3.64. The van der Waals surface area contributed by atoms with Gasteiger partial charge in [-0.1, -0.05) is 35.9 Å². The molecule has 10 nitrogen and oxygen atoms in total. The predicted octanol–water partition coefficient (Wildman–Crippen LogP) is 3.48. The molecule has 42 heavy (non-hydrogen) atoms. The summed E-state index contributed by atoms with van der Waals surface area (Å²) in [4.78, 5) is 28.1. The summed E-state index contributed by atoms with van der Waals surface area (Å²) in [5.41, 5.74) is 1.68. The number of hydrogen-bond donors (Lipinski definition) is 1. The summed E-state index contributed by atoms with van der Waals surface area (Å²) in [5.74, 6) is 0.298. The molecule has 3 aromatic rings. The number of morpholine rings is 1. The molecule has 1 N–H and O–H groups in total. The van der Waals surface area contributed by atoms with Gasteiger partial charge in [0.15, 0.2) is 6.61 Å². The van der Waals surface area contributed by atoms with Gasteiger partial charge < -0.3 is 24.4 Å². The van der Waals surface area contributed by atoms with Gasteiger partial charge >= 0.3 is 0 Å². The van der Waals surface area contributed by atoms with Gasteiger partial charge in [-0.3, -0.25) is 9.59 Å². The predicted molar refractivity (Wildman–Crippen MR) is 158 cm³/mol. The van der Waals surface area contributed by atoms with Crippen molar-refractivity contribution in [3.05, 3.63) is 88.9 Å². The first-order valence-corrected chi connectivity index (χ1v) is 15.2. The first-order chi connectivity index (χ1) is 20.2. The molecule has 0 spiro atoms. The second kappa shape index (κ2) is 14.5. The Balaban J connectivity index is 1.41. The third-order valence-electron chi connectivity index (χ3n) is 6.85. The van der Waals surface area contributed by atoms with Crippen molar-refractivity contribution in [3.63, 3.8) is 0 Å². The first kappa shape index (κ1) is 31.3. The zero-order valence-electron chi connectivity index (χ0n) is 23.5. The monoisotopic (exact) mass is 615 g/mol.